The van der Waals surface area contributed by atoms with Gasteiger partial charge in [-0.25, -0.2) is 0 Å². The van der Waals surface area contributed by atoms with E-state index in [0.717, 1.165) is 0 Å². The predicted molar refractivity (Wildman–Crippen MR) is 74.6 cm³/mol. The lowest BCUT2D eigenvalue weighted by Gasteiger charge is -2.23. The van der Waals surface area contributed by atoms with Gasteiger partial charge in [0.2, 0.25) is 0 Å². The molecule has 0 unspecified atom stereocenters. The standard InChI is InChI=1S/C14H18O5S/c1-4-18-12(16)14(3,13(17)19-5-2)9-10(15)11-7-6-8-20-11/h6-8H,4-5,9H2,1-3H3. The van der Waals surface area contributed by atoms with Crippen LogP contribution in [0.5, 0.6) is 0 Å². The number of thiophene rings is 1. The van der Waals surface area contributed by atoms with Crippen molar-refractivity contribution in [1.29, 1.82) is 0 Å². The molecule has 0 amide bonds. The van der Waals surface area contributed by atoms with E-state index >= 15 is 0 Å². The van der Waals surface area contributed by atoms with Gasteiger partial charge in [0.05, 0.1) is 18.1 Å². The maximum Gasteiger partial charge on any atom is 0.323 e. The van der Waals surface area contributed by atoms with Crippen LogP contribution in [-0.2, 0) is 19.1 Å². The predicted octanol–water partition coefficient (Wildman–Crippen LogP) is 2.45. The second-order valence-electron chi connectivity index (χ2n) is 4.35. The first-order valence-electron chi connectivity index (χ1n) is 6.36. The van der Waals surface area contributed by atoms with Crippen LogP contribution in [0.25, 0.3) is 0 Å². The maximum absolute atomic E-state index is 12.1. The molecule has 0 N–H and O–H groups in total. The molecular formula is C14H18O5S. The zero-order valence-electron chi connectivity index (χ0n) is 11.8. The molecule has 5 nitrogen and oxygen atoms in total. The summed E-state index contributed by atoms with van der Waals surface area (Å²) in [4.78, 5) is 36.7. The summed E-state index contributed by atoms with van der Waals surface area (Å²) in [6.07, 6.45) is -0.259. The van der Waals surface area contributed by atoms with Crippen LogP contribution in [-0.4, -0.2) is 30.9 Å². The van der Waals surface area contributed by atoms with Crippen LogP contribution in [0.15, 0.2) is 17.5 Å². The Morgan fingerprint density at radius 1 is 1.15 bits per heavy atom. The lowest BCUT2D eigenvalue weighted by molar-refractivity contribution is -0.170. The summed E-state index contributed by atoms with van der Waals surface area (Å²) in [6, 6.07) is 3.40. The number of carbonyl (C=O) groups is 3. The van der Waals surface area contributed by atoms with Crippen molar-refractivity contribution in [2.24, 2.45) is 5.41 Å². The summed E-state index contributed by atoms with van der Waals surface area (Å²) in [7, 11) is 0. The minimum atomic E-state index is -1.60. The second-order valence-corrected chi connectivity index (χ2v) is 5.30. The fourth-order valence-electron chi connectivity index (χ4n) is 1.65. The summed E-state index contributed by atoms with van der Waals surface area (Å²) in [6.45, 7) is 4.95. The van der Waals surface area contributed by atoms with E-state index in [1.807, 2.05) is 0 Å². The van der Waals surface area contributed by atoms with Crippen molar-refractivity contribution < 1.29 is 23.9 Å². The van der Waals surface area contributed by atoms with Gasteiger partial charge >= 0.3 is 11.9 Å². The highest BCUT2D eigenvalue weighted by atomic mass is 32.1. The van der Waals surface area contributed by atoms with Gasteiger partial charge in [0.15, 0.2) is 11.2 Å². The number of ether oxygens (including phenoxy) is 2. The Bertz CT molecular complexity index is 460. The fraction of sp³-hybridized carbons (Fsp3) is 0.500. The van der Waals surface area contributed by atoms with Crippen LogP contribution in [0.2, 0.25) is 0 Å². The Balaban J connectivity index is 2.95. The van der Waals surface area contributed by atoms with E-state index in [4.69, 9.17) is 9.47 Å². The van der Waals surface area contributed by atoms with Gasteiger partial charge in [-0.3, -0.25) is 14.4 Å². The molecule has 20 heavy (non-hydrogen) atoms. The van der Waals surface area contributed by atoms with Crippen molar-refractivity contribution in [2.45, 2.75) is 27.2 Å². The lowest BCUT2D eigenvalue weighted by atomic mass is 9.84. The number of Topliss-reactive ketones (excluding diaryl/α,β-unsaturated/α-hetero) is 1. The zero-order valence-corrected chi connectivity index (χ0v) is 12.6. The molecule has 1 rings (SSSR count). The lowest BCUT2D eigenvalue weighted by Crippen LogP contribution is -2.41. The average molecular weight is 298 g/mol. The minimum Gasteiger partial charge on any atom is -0.465 e. The van der Waals surface area contributed by atoms with Crippen molar-refractivity contribution >= 4 is 29.1 Å². The van der Waals surface area contributed by atoms with Gasteiger partial charge in [-0.1, -0.05) is 6.07 Å². The quantitative estimate of drug-likeness (QED) is 0.439. The Morgan fingerprint density at radius 3 is 2.10 bits per heavy atom. The van der Waals surface area contributed by atoms with Gasteiger partial charge in [0, 0.05) is 6.42 Å². The molecule has 0 atom stereocenters. The largest absolute Gasteiger partial charge is 0.465 e. The molecule has 1 aromatic rings. The van der Waals surface area contributed by atoms with E-state index in [-0.39, 0.29) is 25.4 Å². The summed E-state index contributed by atoms with van der Waals surface area (Å²) in [5.41, 5.74) is -1.60. The summed E-state index contributed by atoms with van der Waals surface area (Å²) >= 11 is 1.27. The van der Waals surface area contributed by atoms with Crippen LogP contribution >= 0.6 is 11.3 Å². The van der Waals surface area contributed by atoms with E-state index in [9.17, 15) is 14.4 Å². The molecule has 0 spiro atoms. The fourth-order valence-corrected chi connectivity index (χ4v) is 2.32. The second kappa shape index (κ2) is 7.19. The van der Waals surface area contributed by atoms with Crippen LogP contribution in [0.1, 0.15) is 36.9 Å². The van der Waals surface area contributed by atoms with E-state index < -0.39 is 17.4 Å². The third-order valence-electron chi connectivity index (χ3n) is 2.76. The minimum absolute atomic E-state index is 0.140. The van der Waals surface area contributed by atoms with Gasteiger partial charge in [0.25, 0.3) is 0 Å². The van der Waals surface area contributed by atoms with Crippen LogP contribution in [0.4, 0.5) is 0 Å². The monoisotopic (exact) mass is 298 g/mol. The van der Waals surface area contributed by atoms with E-state index in [1.165, 1.54) is 18.3 Å². The molecule has 1 aromatic heterocycles. The molecule has 0 bridgehead atoms. The zero-order chi connectivity index (χ0) is 15.2. The molecule has 0 radical (unpaired) electrons. The Kier molecular flexibility index (Phi) is 5.88. The van der Waals surface area contributed by atoms with Crippen molar-refractivity contribution in [2.75, 3.05) is 13.2 Å². The van der Waals surface area contributed by atoms with E-state index in [2.05, 4.69) is 0 Å². The van der Waals surface area contributed by atoms with Gasteiger partial charge < -0.3 is 9.47 Å². The van der Waals surface area contributed by atoms with E-state index in [1.54, 1.807) is 31.4 Å². The number of esters is 2. The molecule has 6 heteroatoms. The van der Waals surface area contributed by atoms with Crippen molar-refractivity contribution in [3.05, 3.63) is 22.4 Å². The summed E-state index contributed by atoms with van der Waals surface area (Å²) in [5, 5.41) is 1.76. The first-order valence-corrected chi connectivity index (χ1v) is 7.24. The normalized spacial score (nSPS) is 10.9. The highest BCUT2D eigenvalue weighted by Gasteiger charge is 2.46. The smallest absolute Gasteiger partial charge is 0.323 e. The Morgan fingerprint density at radius 2 is 1.70 bits per heavy atom. The first-order chi connectivity index (χ1) is 9.45. The number of rotatable bonds is 7. The highest BCUT2D eigenvalue weighted by molar-refractivity contribution is 7.12. The molecule has 0 saturated heterocycles. The molecule has 1 heterocycles. The molecule has 0 aromatic carbocycles. The van der Waals surface area contributed by atoms with Crippen LogP contribution in [0, 0.1) is 5.41 Å². The van der Waals surface area contributed by atoms with Crippen molar-refractivity contribution in [3.8, 4) is 0 Å². The Hall–Kier alpha value is -1.69. The van der Waals surface area contributed by atoms with Gasteiger partial charge in [-0.15, -0.1) is 11.3 Å². The third kappa shape index (κ3) is 3.66. The molecule has 0 saturated carbocycles. The molecule has 0 aliphatic rings. The van der Waals surface area contributed by atoms with Gasteiger partial charge in [0.1, 0.15) is 0 Å². The summed E-state index contributed by atoms with van der Waals surface area (Å²) in [5.74, 6) is -1.74. The molecule has 0 aliphatic carbocycles. The van der Waals surface area contributed by atoms with Crippen molar-refractivity contribution in [3.63, 3.8) is 0 Å². The van der Waals surface area contributed by atoms with Crippen LogP contribution < -0.4 is 0 Å². The Labute approximate surface area is 121 Å². The van der Waals surface area contributed by atoms with Crippen molar-refractivity contribution in [1.82, 2.24) is 0 Å². The highest BCUT2D eigenvalue weighted by Crippen LogP contribution is 2.28. The topological polar surface area (TPSA) is 69.7 Å². The number of hydrogen-bond donors (Lipinski definition) is 0. The van der Waals surface area contributed by atoms with E-state index in [0.29, 0.717) is 4.88 Å². The van der Waals surface area contributed by atoms with Gasteiger partial charge in [-0.05, 0) is 32.2 Å². The molecule has 0 aliphatic heterocycles. The molecular weight excluding hydrogens is 280 g/mol. The average Bonchev–Trinajstić information content (AvgIpc) is 2.93. The number of ketones is 1. The first kappa shape index (κ1) is 16.4. The van der Waals surface area contributed by atoms with Crippen LogP contribution in [0.3, 0.4) is 0 Å². The van der Waals surface area contributed by atoms with Gasteiger partial charge in [-0.2, -0.15) is 0 Å². The number of carbonyl (C=O) groups excluding carboxylic acids is 3. The summed E-state index contributed by atoms with van der Waals surface area (Å²) < 4.78 is 9.81. The SMILES string of the molecule is CCOC(=O)C(C)(CC(=O)c1cccs1)C(=O)OCC. The third-order valence-corrected chi connectivity index (χ3v) is 3.67. The molecule has 110 valence electrons. The number of hydrogen-bond acceptors (Lipinski definition) is 6. The maximum atomic E-state index is 12.1. The molecule has 0 fully saturated rings.